The molecule has 1 N–H and O–H groups in total. The van der Waals surface area contributed by atoms with Crippen molar-refractivity contribution in [3.63, 3.8) is 0 Å². The van der Waals surface area contributed by atoms with Gasteiger partial charge in [0.05, 0.1) is 11.6 Å². The van der Waals surface area contributed by atoms with Crippen LogP contribution in [-0.2, 0) is 28.5 Å². The van der Waals surface area contributed by atoms with Crippen molar-refractivity contribution >= 4 is 17.8 Å². The molecular formula is C29H36FN5O8. The summed E-state index contributed by atoms with van der Waals surface area (Å²) in [4.78, 5) is 56.9. The Bertz CT molecular complexity index is 1530. The van der Waals surface area contributed by atoms with E-state index in [4.69, 9.17) is 18.6 Å². The van der Waals surface area contributed by atoms with Gasteiger partial charge >= 0.3 is 18.0 Å². The second-order valence-corrected chi connectivity index (χ2v) is 11.0. The van der Waals surface area contributed by atoms with Crippen LogP contribution in [-0.4, -0.2) is 50.0 Å². The van der Waals surface area contributed by atoms with Crippen LogP contribution < -0.4 is 15.6 Å². The summed E-state index contributed by atoms with van der Waals surface area (Å²) in [6.07, 6.45) is -2.68. The number of Topliss-reactive ketones (excluding diaryl/α,β-unsaturated/α-hetero) is 1. The third kappa shape index (κ3) is 8.46. The summed E-state index contributed by atoms with van der Waals surface area (Å²) in [5.41, 5.74) is -1.74. The van der Waals surface area contributed by atoms with Crippen molar-refractivity contribution in [2.45, 2.75) is 79.2 Å². The molecule has 0 aliphatic rings. The number of aromatic nitrogens is 4. The van der Waals surface area contributed by atoms with Gasteiger partial charge in [-0.05, 0) is 51.8 Å². The molecule has 232 valence electrons. The molecule has 2 aromatic heterocycles. The Balaban J connectivity index is 2.04. The number of rotatable bonds is 12. The second-order valence-electron chi connectivity index (χ2n) is 11.0. The van der Waals surface area contributed by atoms with Gasteiger partial charge in [-0.25, -0.2) is 14.2 Å². The first-order valence-corrected chi connectivity index (χ1v) is 13.6. The van der Waals surface area contributed by atoms with Crippen LogP contribution in [0.3, 0.4) is 0 Å². The van der Waals surface area contributed by atoms with Crippen molar-refractivity contribution in [2.24, 2.45) is 13.0 Å². The maximum atomic E-state index is 13.7. The second kappa shape index (κ2) is 13.6. The van der Waals surface area contributed by atoms with Gasteiger partial charge in [0.1, 0.15) is 11.6 Å². The van der Waals surface area contributed by atoms with Crippen LogP contribution in [0, 0.1) is 18.7 Å². The lowest BCUT2D eigenvalue weighted by molar-refractivity contribution is -0.0944. The van der Waals surface area contributed by atoms with E-state index in [2.05, 4.69) is 20.5 Å². The first kappa shape index (κ1) is 32.9. The van der Waals surface area contributed by atoms with Crippen molar-refractivity contribution in [1.29, 1.82) is 0 Å². The van der Waals surface area contributed by atoms with E-state index >= 15 is 0 Å². The molecule has 0 aliphatic carbocycles. The van der Waals surface area contributed by atoms with Gasteiger partial charge in [-0.2, -0.15) is 0 Å². The fourth-order valence-corrected chi connectivity index (χ4v) is 3.97. The predicted octanol–water partition coefficient (Wildman–Crippen LogP) is 4.01. The Morgan fingerprint density at radius 3 is 2.28 bits per heavy atom. The first-order chi connectivity index (χ1) is 20.1. The SMILES string of the molecule is Cc1nnc(C(=O)NC(C)(C)c2nc(C(=O)CCc3ccc(F)cc3)c(OC(OC(=O)OC(C)C)C(C)C)c(=O)n2C)o1. The van der Waals surface area contributed by atoms with Gasteiger partial charge in [-0.3, -0.25) is 19.0 Å². The van der Waals surface area contributed by atoms with Crippen molar-refractivity contribution in [1.82, 2.24) is 25.1 Å². The topological polar surface area (TPSA) is 165 Å². The molecule has 0 saturated heterocycles. The summed E-state index contributed by atoms with van der Waals surface area (Å²) in [5, 5.41) is 10.0. The quantitative estimate of drug-likeness (QED) is 0.181. The average molecular weight is 602 g/mol. The minimum absolute atomic E-state index is 0.0146. The third-order valence-corrected chi connectivity index (χ3v) is 6.10. The summed E-state index contributed by atoms with van der Waals surface area (Å²) < 4.78 is 35.9. The van der Waals surface area contributed by atoms with Crippen LogP contribution in [0.1, 0.15) is 86.4 Å². The molecule has 13 nitrogen and oxygen atoms in total. The lowest BCUT2D eigenvalue weighted by Crippen LogP contribution is -2.46. The van der Waals surface area contributed by atoms with Crippen molar-refractivity contribution in [3.8, 4) is 5.75 Å². The molecule has 1 atom stereocenters. The van der Waals surface area contributed by atoms with Crippen LogP contribution in [0.4, 0.5) is 9.18 Å². The molecule has 0 aliphatic heterocycles. The maximum Gasteiger partial charge on any atom is 0.511 e. The summed E-state index contributed by atoms with van der Waals surface area (Å²) in [6.45, 7) is 11.3. The fourth-order valence-electron chi connectivity index (χ4n) is 3.97. The van der Waals surface area contributed by atoms with Gasteiger partial charge < -0.3 is 23.9 Å². The number of aryl methyl sites for hydroxylation is 2. The number of hydrogen-bond donors (Lipinski definition) is 1. The van der Waals surface area contributed by atoms with Crippen LogP contribution in [0.15, 0.2) is 33.5 Å². The van der Waals surface area contributed by atoms with Gasteiger partial charge in [0.2, 0.25) is 11.6 Å². The molecule has 1 unspecified atom stereocenters. The number of carbonyl (C=O) groups is 3. The molecular weight excluding hydrogens is 565 g/mol. The van der Waals surface area contributed by atoms with E-state index in [0.717, 1.165) is 4.57 Å². The lowest BCUT2D eigenvalue weighted by atomic mass is 10.0. The zero-order chi connectivity index (χ0) is 32.1. The highest BCUT2D eigenvalue weighted by molar-refractivity contribution is 5.97. The number of amides is 1. The molecule has 0 saturated carbocycles. The molecule has 3 rings (SSSR count). The van der Waals surface area contributed by atoms with E-state index in [-0.39, 0.29) is 36.1 Å². The number of hydrogen-bond acceptors (Lipinski definition) is 11. The fraction of sp³-hybridized carbons (Fsp3) is 0.483. The predicted molar refractivity (Wildman–Crippen MR) is 150 cm³/mol. The van der Waals surface area contributed by atoms with Gasteiger partial charge in [0.25, 0.3) is 11.8 Å². The highest BCUT2D eigenvalue weighted by Gasteiger charge is 2.34. The Morgan fingerprint density at radius 1 is 1.07 bits per heavy atom. The van der Waals surface area contributed by atoms with E-state index in [1.807, 2.05) is 0 Å². The number of benzene rings is 1. The van der Waals surface area contributed by atoms with E-state index in [9.17, 15) is 23.6 Å². The van der Waals surface area contributed by atoms with Crippen molar-refractivity contribution in [2.75, 3.05) is 0 Å². The zero-order valence-electron chi connectivity index (χ0n) is 25.4. The summed E-state index contributed by atoms with van der Waals surface area (Å²) >= 11 is 0. The maximum absolute atomic E-state index is 13.7. The van der Waals surface area contributed by atoms with Gasteiger partial charge in [-0.1, -0.05) is 26.0 Å². The standard InChI is InChI=1S/C29H36FN5O8/c1-15(2)26(43-28(39)40-16(3)4)42-22-21(20(36)14-11-18-9-12-19(30)13-10-18)31-27(35(8)25(22)38)29(6,7)32-23(37)24-34-33-17(5)41-24/h9-10,12-13,15-16,26H,11,14H2,1-8H3,(H,32,37). The third-order valence-electron chi connectivity index (χ3n) is 6.10. The Labute approximate surface area is 247 Å². The smallest absolute Gasteiger partial charge is 0.446 e. The van der Waals surface area contributed by atoms with Crippen molar-refractivity contribution < 1.29 is 37.4 Å². The Morgan fingerprint density at radius 2 is 1.72 bits per heavy atom. The summed E-state index contributed by atoms with van der Waals surface area (Å²) in [5.74, 6) is -2.71. The molecule has 1 aromatic carbocycles. The molecule has 3 aromatic rings. The number of nitrogens with one attached hydrogen (secondary N) is 1. The minimum atomic E-state index is -1.33. The Hall–Kier alpha value is -4.62. The van der Waals surface area contributed by atoms with Crippen LogP contribution in [0.25, 0.3) is 0 Å². The molecule has 14 heteroatoms. The molecule has 2 heterocycles. The van der Waals surface area contributed by atoms with Crippen molar-refractivity contribution in [3.05, 3.63) is 69.3 Å². The van der Waals surface area contributed by atoms with Gasteiger partial charge in [0, 0.05) is 26.3 Å². The highest BCUT2D eigenvalue weighted by Crippen LogP contribution is 2.25. The zero-order valence-corrected chi connectivity index (χ0v) is 25.4. The molecule has 0 fully saturated rings. The minimum Gasteiger partial charge on any atom is -0.446 e. The van der Waals surface area contributed by atoms with Gasteiger partial charge in [-0.15, -0.1) is 10.2 Å². The molecule has 43 heavy (non-hydrogen) atoms. The normalized spacial score (nSPS) is 12.3. The van der Waals surface area contributed by atoms with Gasteiger partial charge in [0.15, 0.2) is 11.5 Å². The monoisotopic (exact) mass is 601 g/mol. The Kier molecular flexibility index (Phi) is 10.4. The summed E-state index contributed by atoms with van der Waals surface area (Å²) in [7, 11) is 1.40. The highest BCUT2D eigenvalue weighted by atomic mass is 19.1. The number of nitrogens with zero attached hydrogens (tertiary/aromatic N) is 4. The first-order valence-electron chi connectivity index (χ1n) is 13.6. The molecule has 1 amide bonds. The summed E-state index contributed by atoms with van der Waals surface area (Å²) in [6, 6.07) is 5.65. The van der Waals surface area contributed by atoms with Crippen LogP contribution in [0.5, 0.6) is 5.75 Å². The number of carbonyl (C=O) groups excluding carboxylic acids is 3. The van der Waals surface area contributed by atoms with E-state index in [1.165, 1.54) is 26.1 Å². The van der Waals surface area contributed by atoms with Crippen LogP contribution >= 0.6 is 0 Å². The molecule has 0 spiro atoms. The van der Waals surface area contributed by atoms with E-state index < -0.39 is 58.8 Å². The van der Waals surface area contributed by atoms with E-state index in [0.29, 0.717) is 5.56 Å². The molecule has 0 bridgehead atoms. The molecule has 0 radical (unpaired) electrons. The lowest BCUT2D eigenvalue weighted by Gasteiger charge is -2.28. The number of halogens is 1. The number of ketones is 1. The average Bonchev–Trinajstić information content (AvgIpc) is 3.36. The van der Waals surface area contributed by atoms with Crippen LogP contribution in [0.2, 0.25) is 0 Å². The van der Waals surface area contributed by atoms with E-state index in [1.54, 1.807) is 53.7 Å². The largest absolute Gasteiger partial charge is 0.511 e. The number of ether oxygens (including phenoxy) is 3.